The standard InChI is InChI=1S/C23H36N4O5/c1-13-3-7-19(32-2)17(9-13)25-23(31)24-11-14-4-5-15-12-27(22(30)16(15)10-14)18-6-8-20(28)26-21(18)29/h13-19H,3-12H2,1-2H3,(H2,24,25,31)(H,26,28,29). The molecule has 0 bridgehead atoms. The van der Waals surface area contributed by atoms with Crippen molar-refractivity contribution in [2.75, 3.05) is 20.2 Å². The van der Waals surface area contributed by atoms with E-state index in [0.29, 0.717) is 25.4 Å². The lowest BCUT2D eigenvalue weighted by Crippen LogP contribution is -2.53. The zero-order chi connectivity index (χ0) is 22.8. The van der Waals surface area contributed by atoms with Crippen LogP contribution in [0, 0.1) is 23.7 Å². The van der Waals surface area contributed by atoms with Gasteiger partial charge in [0.2, 0.25) is 17.7 Å². The summed E-state index contributed by atoms with van der Waals surface area (Å²) in [5.41, 5.74) is 0. The Balaban J connectivity index is 1.26. The average molecular weight is 449 g/mol. The minimum Gasteiger partial charge on any atom is -0.379 e. The van der Waals surface area contributed by atoms with Gasteiger partial charge in [-0.3, -0.25) is 19.7 Å². The number of rotatable bonds is 5. The van der Waals surface area contributed by atoms with Gasteiger partial charge in [0.15, 0.2) is 0 Å². The summed E-state index contributed by atoms with van der Waals surface area (Å²) >= 11 is 0. The molecule has 2 aliphatic heterocycles. The van der Waals surface area contributed by atoms with Crippen LogP contribution in [0.3, 0.4) is 0 Å². The number of hydrogen-bond acceptors (Lipinski definition) is 5. The minimum absolute atomic E-state index is 0.0257. The molecule has 2 saturated heterocycles. The molecule has 178 valence electrons. The first-order valence-corrected chi connectivity index (χ1v) is 12.1. The number of fused-ring (bicyclic) bond motifs is 1. The Hall–Kier alpha value is -2.16. The van der Waals surface area contributed by atoms with E-state index >= 15 is 0 Å². The van der Waals surface area contributed by atoms with Gasteiger partial charge in [-0.25, -0.2) is 4.79 Å². The fourth-order valence-electron chi connectivity index (χ4n) is 6.09. The van der Waals surface area contributed by atoms with E-state index in [2.05, 4.69) is 22.9 Å². The lowest BCUT2D eigenvalue weighted by molar-refractivity contribution is -0.145. The van der Waals surface area contributed by atoms with E-state index in [0.717, 1.165) is 38.5 Å². The molecule has 0 aromatic rings. The van der Waals surface area contributed by atoms with Gasteiger partial charge in [0, 0.05) is 32.5 Å². The Morgan fingerprint density at radius 1 is 1.12 bits per heavy atom. The highest BCUT2D eigenvalue weighted by atomic mass is 16.5. The Morgan fingerprint density at radius 3 is 2.69 bits per heavy atom. The van der Waals surface area contributed by atoms with Crippen LogP contribution < -0.4 is 16.0 Å². The van der Waals surface area contributed by atoms with E-state index < -0.39 is 6.04 Å². The molecule has 9 nitrogen and oxygen atoms in total. The van der Waals surface area contributed by atoms with Crippen molar-refractivity contribution in [1.82, 2.24) is 20.9 Å². The first kappa shape index (κ1) is 23.0. The summed E-state index contributed by atoms with van der Waals surface area (Å²) in [5, 5.41) is 8.45. The van der Waals surface area contributed by atoms with Crippen molar-refractivity contribution in [3.05, 3.63) is 0 Å². The van der Waals surface area contributed by atoms with Crippen molar-refractivity contribution in [3.63, 3.8) is 0 Å². The molecular formula is C23H36N4O5. The van der Waals surface area contributed by atoms with Crippen LogP contribution in [0.2, 0.25) is 0 Å². The second-order valence-electron chi connectivity index (χ2n) is 10.2. The number of nitrogens with one attached hydrogen (secondary N) is 3. The number of ether oxygens (including phenoxy) is 1. The maximum atomic E-state index is 13.1. The largest absolute Gasteiger partial charge is 0.379 e. The summed E-state index contributed by atoms with van der Waals surface area (Å²) in [7, 11) is 1.70. The third-order valence-corrected chi connectivity index (χ3v) is 7.94. The second-order valence-corrected chi connectivity index (χ2v) is 10.2. The van der Waals surface area contributed by atoms with E-state index in [1.165, 1.54) is 0 Å². The first-order valence-electron chi connectivity index (χ1n) is 12.1. The molecule has 2 heterocycles. The van der Waals surface area contributed by atoms with Gasteiger partial charge in [-0.05, 0) is 62.7 Å². The van der Waals surface area contributed by atoms with Gasteiger partial charge in [0.25, 0.3) is 0 Å². The second kappa shape index (κ2) is 9.77. The van der Waals surface area contributed by atoms with E-state index in [1.807, 2.05) is 0 Å². The molecule has 7 atom stereocenters. The molecule has 4 fully saturated rings. The SMILES string of the molecule is COC1CCC(C)CC1NC(=O)NCC1CCC2CN(C3CCC(=O)NC3=O)C(=O)C2C1. The first-order chi connectivity index (χ1) is 15.4. The average Bonchev–Trinajstić information content (AvgIpc) is 3.08. The Bertz CT molecular complexity index is 759. The van der Waals surface area contributed by atoms with Gasteiger partial charge in [-0.15, -0.1) is 0 Å². The summed E-state index contributed by atoms with van der Waals surface area (Å²) in [6, 6.07) is -0.672. The highest BCUT2D eigenvalue weighted by molar-refractivity contribution is 6.02. The van der Waals surface area contributed by atoms with Crippen molar-refractivity contribution in [3.8, 4) is 0 Å². The third kappa shape index (κ3) is 4.92. The molecule has 5 amide bonds. The zero-order valence-electron chi connectivity index (χ0n) is 19.1. The summed E-state index contributed by atoms with van der Waals surface area (Å²) in [6.45, 7) is 3.34. The number of likely N-dealkylation sites (tertiary alicyclic amines) is 1. The molecule has 0 aromatic heterocycles. The van der Waals surface area contributed by atoms with Crippen molar-refractivity contribution >= 4 is 23.8 Å². The Labute approximate surface area is 189 Å². The van der Waals surface area contributed by atoms with Crippen molar-refractivity contribution in [1.29, 1.82) is 0 Å². The van der Waals surface area contributed by atoms with Crippen LogP contribution in [0.25, 0.3) is 0 Å². The molecule has 3 N–H and O–H groups in total. The maximum Gasteiger partial charge on any atom is 0.315 e. The lowest BCUT2D eigenvalue weighted by Gasteiger charge is -2.34. The topological polar surface area (TPSA) is 117 Å². The highest BCUT2D eigenvalue weighted by Crippen LogP contribution is 2.41. The number of carbonyl (C=O) groups is 4. The number of carbonyl (C=O) groups excluding carboxylic acids is 4. The van der Waals surface area contributed by atoms with Crippen molar-refractivity contribution in [2.24, 2.45) is 23.7 Å². The normalized spacial score (nSPS) is 37.6. The van der Waals surface area contributed by atoms with E-state index in [1.54, 1.807) is 12.0 Å². The fourth-order valence-corrected chi connectivity index (χ4v) is 6.09. The van der Waals surface area contributed by atoms with Gasteiger partial charge in [-0.2, -0.15) is 0 Å². The maximum absolute atomic E-state index is 13.1. The molecular weight excluding hydrogens is 412 g/mol. The van der Waals surface area contributed by atoms with E-state index in [9.17, 15) is 19.2 Å². The van der Waals surface area contributed by atoms with Crippen LogP contribution >= 0.6 is 0 Å². The molecule has 4 rings (SSSR count). The minimum atomic E-state index is -0.528. The monoisotopic (exact) mass is 448 g/mol. The van der Waals surface area contributed by atoms with Gasteiger partial charge in [0.1, 0.15) is 6.04 Å². The van der Waals surface area contributed by atoms with E-state index in [-0.39, 0.29) is 60.1 Å². The molecule has 9 heteroatoms. The number of nitrogens with zero attached hydrogens (tertiary/aromatic N) is 1. The molecule has 7 unspecified atom stereocenters. The molecule has 2 saturated carbocycles. The number of amides is 5. The number of methoxy groups -OCH3 is 1. The van der Waals surface area contributed by atoms with Crippen molar-refractivity contribution < 1.29 is 23.9 Å². The summed E-state index contributed by atoms with van der Waals surface area (Å²) < 4.78 is 5.55. The molecule has 4 aliphatic rings. The van der Waals surface area contributed by atoms with Crippen LogP contribution in [0.1, 0.15) is 58.3 Å². The van der Waals surface area contributed by atoms with Crippen LogP contribution in [0.4, 0.5) is 4.79 Å². The zero-order valence-corrected chi connectivity index (χ0v) is 19.1. The van der Waals surface area contributed by atoms with Crippen LogP contribution in [-0.2, 0) is 19.1 Å². The predicted octanol–water partition coefficient (Wildman–Crippen LogP) is 1.17. The number of imide groups is 1. The molecule has 0 spiro atoms. The summed E-state index contributed by atoms with van der Waals surface area (Å²) in [4.78, 5) is 50.9. The van der Waals surface area contributed by atoms with Crippen LogP contribution in [0.15, 0.2) is 0 Å². The Morgan fingerprint density at radius 2 is 1.94 bits per heavy atom. The summed E-state index contributed by atoms with van der Waals surface area (Å²) in [6.07, 6.45) is 6.34. The van der Waals surface area contributed by atoms with Gasteiger partial charge in [0.05, 0.1) is 12.1 Å². The molecule has 32 heavy (non-hydrogen) atoms. The highest BCUT2D eigenvalue weighted by Gasteiger charge is 2.48. The quantitative estimate of drug-likeness (QED) is 0.546. The van der Waals surface area contributed by atoms with Crippen molar-refractivity contribution in [2.45, 2.75) is 76.5 Å². The van der Waals surface area contributed by atoms with Gasteiger partial charge >= 0.3 is 6.03 Å². The van der Waals surface area contributed by atoms with Crippen LogP contribution in [-0.4, -0.2) is 67.0 Å². The van der Waals surface area contributed by atoms with Gasteiger partial charge in [-0.1, -0.05) is 6.92 Å². The van der Waals surface area contributed by atoms with Gasteiger partial charge < -0.3 is 20.3 Å². The smallest absolute Gasteiger partial charge is 0.315 e. The molecule has 0 radical (unpaired) electrons. The number of hydrogen-bond donors (Lipinski definition) is 3. The number of urea groups is 1. The molecule has 2 aliphatic carbocycles. The summed E-state index contributed by atoms with van der Waals surface area (Å²) in [5.74, 6) is 0.385. The van der Waals surface area contributed by atoms with E-state index in [4.69, 9.17) is 4.74 Å². The Kier molecular flexibility index (Phi) is 7.02. The van der Waals surface area contributed by atoms with Crippen LogP contribution in [0.5, 0.6) is 0 Å². The number of piperidine rings is 1. The third-order valence-electron chi connectivity index (χ3n) is 7.94. The molecule has 0 aromatic carbocycles. The lowest BCUT2D eigenvalue weighted by atomic mass is 9.75. The fraction of sp³-hybridized carbons (Fsp3) is 0.826. The predicted molar refractivity (Wildman–Crippen MR) is 116 cm³/mol.